The van der Waals surface area contributed by atoms with Gasteiger partial charge in [-0.3, -0.25) is 9.59 Å². The van der Waals surface area contributed by atoms with E-state index < -0.39 is 45.7 Å². The van der Waals surface area contributed by atoms with Crippen molar-refractivity contribution >= 4 is 34.8 Å². The molecule has 2 fully saturated rings. The van der Waals surface area contributed by atoms with Crippen LogP contribution in [0.5, 0.6) is 0 Å². The lowest BCUT2D eigenvalue weighted by Gasteiger charge is -2.62. The molecule has 0 spiro atoms. The molecular weight excluding hydrogens is 403 g/mol. The van der Waals surface area contributed by atoms with Crippen molar-refractivity contribution in [1.82, 2.24) is 0 Å². The maximum atomic E-state index is 12.4. The number of hydrogen-bond donors (Lipinski definition) is 3. The van der Waals surface area contributed by atoms with Gasteiger partial charge < -0.3 is 15.3 Å². The fourth-order valence-corrected chi connectivity index (χ4v) is 7.18. The molecule has 0 heterocycles. The summed E-state index contributed by atoms with van der Waals surface area (Å²) in [5, 5.41) is 32.3. The predicted molar refractivity (Wildman–Crippen MR) is 105 cm³/mol. The topological polar surface area (TPSA) is 94.8 Å². The number of fused-ring (bicyclic) bond motifs is 5. The molecule has 0 aromatic rings. The average Bonchev–Trinajstić information content (AvgIpc) is 2.91. The maximum absolute atomic E-state index is 12.4. The molecule has 7 atom stereocenters. The Morgan fingerprint density at radius 2 is 2.04 bits per heavy atom. The van der Waals surface area contributed by atoms with Gasteiger partial charge in [-0.15, -0.1) is 11.6 Å². The first-order valence-corrected chi connectivity index (χ1v) is 10.3. The Morgan fingerprint density at radius 3 is 2.68 bits per heavy atom. The first kappa shape index (κ1) is 20.3. The van der Waals surface area contributed by atoms with Crippen molar-refractivity contribution in [1.29, 1.82) is 0 Å². The van der Waals surface area contributed by atoms with E-state index in [0.29, 0.717) is 17.0 Å². The van der Waals surface area contributed by atoms with Crippen molar-refractivity contribution in [3.8, 4) is 0 Å². The zero-order valence-electron chi connectivity index (χ0n) is 15.8. The van der Waals surface area contributed by atoms with E-state index in [9.17, 15) is 24.9 Å². The van der Waals surface area contributed by atoms with Crippen LogP contribution < -0.4 is 0 Å². The standard InChI is InChI=1S/C21H24Cl2O5/c1-18-5-3-11(25)7-14(18)15(22)8-13-12-4-6-20(28,17(27)10-24)19(12,2)9-16(26)21(13,18)23/h3,5,7-8,12-13,16,24,26,28H,4,6,9-10H2,1-2H3/t12-,13-,16?,18-,19-,20-,21-/m0/s1. The Morgan fingerprint density at radius 1 is 1.36 bits per heavy atom. The zero-order chi connectivity index (χ0) is 20.7. The smallest absolute Gasteiger partial charge is 0.190 e. The van der Waals surface area contributed by atoms with E-state index in [2.05, 4.69) is 0 Å². The minimum atomic E-state index is -1.72. The van der Waals surface area contributed by atoms with E-state index in [1.165, 1.54) is 12.2 Å². The number of allylic oxidation sites excluding steroid dienone is 6. The van der Waals surface area contributed by atoms with Gasteiger partial charge in [-0.05, 0) is 42.9 Å². The van der Waals surface area contributed by atoms with Gasteiger partial charge in [0.2, 0.25) is 0 Å². The molecule has 0 amide bonds. The van der Waals surface area contributed by atoms with Gasteiger partial charge in [0.15, 0.2) is 11.6 Å². The summed E-state index contributed by atoms with van der Waals surface area (Å²) in [4.78, 5) is 23.2. The van der Waals surface area contributed by atoms with Gasteiger partial charge in [-0.2, -0.15) is 0 Å². The number of aliphatic hydroxyl groups excluding tert-OH is 2. The minimum Gasteiger partial charge on any atom is -0.391 e. The lowest BCUT2D eigenvalue weighted by molar-refractivity contribution is -0.169. The molecule has 4 aliphatic carbocycles. The molecule has 2 saturated carbocycles. The Hall–Kier alpha value is -0.980. The molecular formula is C21H24Cl2O5. The highest BCUT2D eigenvalue weighted by atomic mass is 35.5. The molecule has 152 valence electrons. The van der Waals surface area contributed by atoms with Crippen molar-refractivity contribution in [3.05, 3.63) is 34.9 Å². The van der Waals surface area contributed by atoms with Crippen LogP contribution in [0.1, 0.15) is 33.1 Å². The molecule has 0 aromatic carbocycles. The number of halogens is 2. The molecule has 28 heavy (non-hydrogen) atoms. The fourth-order valence-electron chi connectivity index (χ4n) is 6.33. The monoisotopic (exact) mass is 426 g/mol. The van der Waals surface area contributed by atoms with Crippen LogP contribution in [0.3, 0.4) is 0 Å². The number of Topliss-reactive ketones (excluding diaryl/α,β-unsaturated/α-hetero) is 1. The van der Waals surface area contributed by atoms with Gasteiger partial charge in [0.05, 0.1) is 11.0 Å². The van der Waals surface area contributed by atoms with Crippen LogP contribution in [0.4, 0.5) is 0 Å². The van der Waals surface area contributed by atoms with Crippen molar-refractivity contribution < 1.29 is 24.9 Å². The molecule has 3 N–H and O–H groups in total. The first-order valence-electron chi connectivity index (χ1n) is 9.52. The molecule has 1 unspecified atom stereocenters. The third-order valence-corrected chi connectivity index (χ3v) is 9.24. The number of alkyl halides is 1. The average molecular weight is 427 g/mol. The van der Waals surface area contributed by atoms with Crippen molar-refractivity contribution in [2.45, 2.75) is 49.7 Å². The highest BCUT2D eigenvalue weighted by Gasteiger charge is 2.72. The van der Waals surface area contributed by atoms with Gasteiger partial charge in [0.1, 0.15) is 12.2 Å². The van der Waals surface area contributed by atoms with E-state index in [-0.39, 0.29) is 24.5 Å². The second kappa shape index (κ2) is 6.02. The lowest BCUT2D eigenvalue weighted by Crippen LogP contribution is -2.68. The number of ketones is 2. The van der Waals surface area contributed by atoms with Gasteiger partial charge in [-0.1, -0.05) is 37.6 Å². The van der Waals surface area contributed by atoms with Gasteiger partial charge in [0, 0.05) is 21.8 Å². The Bertz CT molecular complexity index is 863. The summed E-state index contributed by atoms with van der Waals surface area (Å²) < 4.78 is 0. The zero-order valence-corrected chi connectivity index (χ0v) is 17.3. The Labute approximate surface area is 173 Å². The first-order chi connectivity index (χ1) is 13.0. The number of carbonyl (C=O) groups is 2. The van der Waals surface area contributed by atoms with Crippen LogP contribution in [0.25, 0.3) is 0 Å². The molecule has 4 aliphatic rings. The third kappa shape index (κ3) is 2.15. The van der Waals surface area contributed by atoms with E-state index in [0.717, 1.165) is 0 Å². The summed E-state index contributed by atoms with van der Waals surface area (Å²) in [6.45, 7) is 2.90. The van der Waals surface area contributed by atoms with E-state index in [1.54, 1.807) is 19.1 Å². The molecule has 5 nitrogen and oxygen atoms in total. The summed E-state index contributed by atoms with van der Waals surface area (Å²) >= 11 is 13.8. The number of hydrogen-bond acceptors (Lipinski definition) is 5. The molecule has 0 bridgehead atoms. The maximum Gasteiger partial charge on any atom is 0.190 e. The van der Waals surface area contributed by atoms with Crippen LogP contribution in [0, 0.1) is 22.7 Å². The SMILES string of the molecule is C[C@]12C=CC(=O)C=C1C(Cl)=C[C@H]1[C@@H]3CC[C@](O)(C(=O)CO)[C@@]3(C)CC(O)[C@@]12Cl. The van der Waals surface area contributed by atoms with Crippen molar-refractivity contribution in [3.63, 3.8) is 0 Å². The molecule has 0 saturated heterocycles. The summed E-state index contributed by atoms with van der Waals surface area (Å²) in [7, 11) is 0. The predicted octanol–water partition coefficient (Wildman–Crippen LogP) is 2.26. The highest BCUT2D eigenvalue weighted by Crippen LogP contribution is 2.70. The third-order valence-electron chi connectivity index (χ3n) is 8.01. The fraction of sp³-hybridized carbons (Fsp3) is 0.619. The molecule has 0 aliphatic heterocycles. The number of rotatable bonds is 2. The highest BCUT2D eigenvalue weighted by molar-refractivity contribution is 6.34. The number of carbonyl (C=O) groups excluding carboxylic acids is 2. The summed E-state index contributed by atoms with van der Waals surface area (Å²) in [6, 6.07) is 0. The van der Waals surface area contributed by atoms with Gasteiger partial charge in [-0.25, -0.2) is 0 Å². The largest absolute Gasteiger partial charge is 0.391 e. The molecule has 0 aromatic heterocycles. The second-order valence-corrected chi connectivity index (χ2v) is 10.1. The quantitative estimate of drug-likeness (QED) is 0.588. The van der Waals surface area contributed by atoms with Crippen molar-refractivity contribution in [2.75, 3.05) is 6.61 Å². The van der Waals surface area contributed by atoms with Gasteiger partial charge >= 0.3 is 0 Å². The Kier molecular flexibility index (Phi) is 4.36. The van der Waals surface area contributed by atoms with Crippen LogP contribution in [0.2, 0.25) is 0 Å². The summed E-state index contributed by atoms with van der Waals surface area (Å²) in [5.74, 6) is -1.45. The minimum absolute atomic E-state index is 0.107. The lowest BCUT2D eigenvalue weighted by atomic mass is 9.47. The summed E-state index contributed by atoms with van der Waals surface area (Å²) in [5.41, 5.74) is -2.97. The molecule has 7 heteroatoms. The number of aliphatic hydroxyl groups is 3. The van der Waals surface area contributed by atoms with E-state index in [1.807, 2.05) is 6.92 Å². The normalized spacial score (nSPS) is 49.7. The van der Waals surface area contributed by atoms with Gasteiger partial charge in [0.25, 0.3) is 0 Å². The molecule has 0 radical (unpaired) electrons. The van der Waals surface area contributed by atoms with Crippen LogP contribution >= 0.6 is 23.2 Å². The second-order valence-electron chi connectivity index (χ2n) is 9.03. The van der Waals surface area contributed by atoms with Crippen LogP contribution in [0.15, 0.2) is 34.9 Å². The Balaban J connectivity index is 1.90. The van der Waals surface area contributed by atoms with Crippen molar-refractivity contribution in [2.24, 2.45) is 22.7 Å². The van der Waals surface area contributed by atoms with E-state index in [4.69, 9.17) is 23.2 Å². The molecule has 4 rings (SSSR count). The van der Waals surface area contributed by atoms with E-state index >= 15 is 0 Å². The summed E-state index contributed by atoms with van der Waals surface area (Å²) in [6.07, 6.45) is 6.15. The van der Waals surface area contributed by atoms with Crippen LogP contribution in [-0.4, -0.2) is 50.1 Å². The van der Waals surface area contributed by atoms with Crippen LogP contribution in [-0.2, 0) is 9.59 Å².